The van der Waals surface area contributed by atoms with Gasteiger partial charge in [-0.25, -0.2) is 4.98 Å². The number of imidazole rings is 1. The number of carbonyl (C=O) groups excluding carboxylic acids is 1. The van der Waals surface area contributed by atoms with Gasteiger partial charge in [-0.1, -0.05) is 18.3 Å². The first-order chi connectivity index (χ1) is 11.3. The fraction of sp³-hybridized carbons (Fsp3) is 0.353. The van der Waals surface area contributed by atoms with Crippen LogP contribution >= 0.6 is 11.3 Å². The molecule has 0 saturated heterocycles. The number of aldehydes is 1. The average Bonchev–Trinajstić information content (AvgIpc) is 3.26. The van der Waals surface area contributed by atoms with Gasteiger partial charge < -0.3 is 4.74 Å². The molecule has 0 amide bonds. The molecule has 2 heterocycles. The lowest BCUT2D eigenvalue weighted by Gasteiger charge is -2.05. The maximum absolute atomic E-state index is 11.6. The van der Waals surface area contributed by atoms with E-state index in [9.17, 15) is 4.79 Å². The summed E-state index contributed by atoms with van der Waals surface area (Å²) in [5, 5.41) is 5.65. The van der Waals surface area contributed by atoms with E-state index in [4.69, 9.17) is 4.74 Å². The lowest BCUT2D eigenvalue weighted by Crippen LogP contribution is -1.96. The van der Waals surface area contributed by atoms with E-state index in [0.717, 1.165) is 34.0 Å². The van der Waals surface area contributed by atoms with E-state index in [0.29, 0.717) is 23.9 Å². The van der Waals surface area contributed by atoms with Crippen molar-refractivity contribution in [1.82, 2.24) is 14.6 Å². The summed E-state index contributed by atoms with van der Waals surface area (Å²) in [4.78, 5) is 17.0. The molecule has 2 aromatic heterocycles. The van der Waals surface area contributed by atoms with Crippen molar-refractivity contribution >= 4 is 22.6 Å². The van der Waals surface area contributed by atoms with Crippen LogP contribution in [0.1, 0.15) is 47.6 Å². The zero-order valence-corrected chi connectivity index (χ0v) is 13.7. The third-order valence-corrected chi connectivity index (χ3v) is 4.96. The molecule has 1 aliphatic rings. The number of benzene rings is 1. The Morgan fingerprint density at radius 1 is 1.35 bits per heavy atom. The van der Waals surface area contributed by atoms with E-state index in [1.165, 1.54) is 12.8 Å². The van der Waals surface area contributed by atoms with E-state index < -0.39 is 0 Å². The maximum Gasteiger partial charge on any atom is 0.213 e. The molecule has 0 aliphatic heterocycles. The fourth-order valence-corrected chi connectivity index (χ4v) is 3.60. The highest BCUT2D eigenvalue weighted by Crippen LogP contribution is 2.42. The second-order valence-electron chi connectivity index (χ2n) is 5.75. The number of rotatable bonds is 6. The smallest absolute Gasteiger partial charge is 0.213 e. The van der Waals surface area contributed by atoms with Gasteiger partial charge in [-0.3, -0.25) is 4.79 Å². The third-order valence-electron chi connectivity index (χ3n) is 3.89. The molecular weight excluding hydrogens is 310 g/mol. The Kier molecular flexibility index (Phi) is 3.61. The van der Waals surface area contributed by atoms with Crippen LogP contribution in [-0.4, -0.2) is 27.5 Å². The Bertz CT molecular complexity index is 847. The number of hydrogen-bond acceptors (Lipinski definition) is 5. The Labute approximate surface area is 137 Å². The van der Waals surface area contributed by atoms with E-state index in [1.807, 2.05) is 24.3 Å². The van der Waals surface area contributed by atoms with Crippen LogP contribution in [0.5, 0.6) is 5.75 Å². The zero-order valence-electron chi connectivity index (χ0n) is 12.9. The number of ether oxygens (including phenoxy) is 1. The van der Waals surface area contributed by atoms with Gasteiger partial charge in [0.2, 0.25) is 4.96 Å². The lowest BCUT2D eigenvalue weighted by atomic mass is 10.1. The van der Waals surface area contributed by atoms with Gasteiger partial charge in [0.05, 0.1) is 6.61 Å². The minimum Gasteiger partial charge on any atom is -0.494 e. The predicted octanol–water partition coefficient (Wildman–Crippen LogP) is 3.94. The summed E-state index contributed by atoms with van der Waals surface area (Å²) in [7, 11) is 0. The Morgan fingerprint density at radius 2 is 2.13 bits per heavy atom. The number of nitrogens with zero attached hydrogens (tertiary/aromatic N) is 3. The monoisotopic (exact) mass is 327 g/mol. The molecule has 118 valence electrons. The standard InChI is InChI=1S/C17H17N3O2S/c1-2-9-22-13-7-5-11(6-8-13)15-14(10-21)20-17(18-15)23-16(19-20)12-3-4-12/h5-8,10,12H,2-4,9H2,1H3. The topological polar surface area (TPSA) is 56.5 Å². The Morgan fingerprint density at radius 3 is 2.78 bits per heavy atom. The molecule has 4 rings (SSSR count). The van der Waals surface area contributed by atoms with Crippen LogP contribution in [0.3, 0.4) is 0 Å². The van der Waals surface area contributed by atoms with Crippen LogP contribution in [-0.2, 0) is 0 Å². The molecular formula is C17H17N3O2S. The molecule has 0 spiro atoms. The number of aromatic nitrogens is 3. The molecule has 6 heteroatoms. The Hall–Kier alpha value is -2.21. The second-order valence-corrected chi connectivity index (χ2v) is 6.73. The summed E-state index contributed by atoms with van der Waals surface area (Å²) in [6.45, 7) is 2.78. The molecule has 0 N–H and O–H groups in total. The highest BCUT2D eigenvalue weighted by Gasteiger charge is 2.29. The first-order valence-electron chi connectivity index (χ1n) is 7.88. The summed E-state index contributed by atoms with van der Waals surface area (Å²) in [6, 6.07) is 7.70. The van der Waals surface area contributed by atoms with E-state index in [2.05, 4.69) is 17.0 Å². The van der Waals surface area contributed by atoms with Crippen LogP contribution in [0.4, 0.5) is 0 Å². The molecule has 0 bridgehead atoms. The molecule has 3 aromatic rings. The van der Waals surface area contributed by atoms with Gasteiger partial charge >= 0.3 is 0 Å². The molecule has 23 heavy (non-hydrogen) atoms. The molecule has 5 nitrogen and oxygen atoms in total. The fourth-order valence-electron chi connectivity index (χ4n) is 2.52. The third kappa shape index (κ3) is 2.63. The van der Waals surface area contributed by atoms with Gasteiger partial charge in [0.15, 0.2) is 6.29 Å². The molecule has 1 fully saturated rings. The maximum atomic E-state index is 11.6. The van der Waals surface area contributed by atoms with Crippen LogP contribution in [0.2, 0.25) is 0 Å². The molecule has 1 saturated carbocycles. The number of fused-ring (bicyclic) bond motifs is 1. The zero-order chi connectivity index (χ0) is 15.8. The minimum atomic E-state index is 0.519. The van der Waals surface area contributed by atoms with Gasteiger partial charge in [-0.05, 0) is 43.5 Å². The summed E-state index contributed by atoms with van der Waals surface area (Å²) in [5.41, 5.74) is 2.11. The summed E-state index contributed by atoms with van der Waals surface area (Å²) in [5.74, 6) is 1.40. The Balaban J connectivity index is 1.69. The first-order valence-corrected chi connectivity index (χ1v) is 8.69. The van der Waals surface area contributed by atoms with E-state index in [1.54, 1.807) is 15.9 Å². The van der Waals surface area contributed by atoms with Crippen LogP contribution in [0.15, 0.2) is 24.3 Å². The normalized spacial score (nSPS) is 14.3. The van der Waals surface area contributed by atoms with Crippen molar-refractivity contribution in [1.29, 1.82) is 0 Å². The van der Waals surface area contributed by atoms with E-state index in [-0.39, 0.29) is 0 Å². The number of hydrogen-bond donors (Lipinski definition) is 0. The lowest BCUT2D eigenvalue weighted by molar-refractivity contribution is 0.111. The van der Waals surface area contributed by atoms with Gasteiger partial charge in [0.25, 0.3) is 0 Å². The summed E-state index contributed by atoms with van der Waals surface area (Å²) >= 11 is 1.58. The highest BCUT2D eigenvalue weighted by atomic mass is 32.1. The number of carbonyl (C=O) groups is 1. The van der Waals surface area contributed by atoms with Crippen molar-refractivity contribution in [3.8, 4) is 17.0 Å². The van der Waals surface area contributed by atoms with Gasteiger partial charge in [0, 0.05) is 11.5 Å². The van der Waals surface area contributed by atoms with E-state index >= 15 is 0 Å². The van der Waals surface area contributed by atoms with Gasteiger partial charge in [-0.15, -0.1) is 0 Å². The quantitative estimate of drug-likeness (QED) is 0.644. The molecule has 0 atom stereocenters. The first kappa shape index (κ1) is 14.4. The molecule has 1 aromatic carbocycles. The van der Waals surface area contributed by atoms with Gasteiger partial charge in [-0.2, -0.15) is 9.61 Å². The average molecular weight is 327 g/mol. The molecule has 1 aliphatic carbocycles. The van der Waals surface area contributed by atoms with Crippen molar-refractivity contribution in [3.63, 3.8) is 0 Å². The van der Waals surface area contributed by atoms with Crippen molar-refractivity contribution < 1.29 is 9.53 Å². The predicted molar refractivity (Wildman–Crippen MR) is 89.4 cm³/mol. The molecule has 0 radical (unpaired) electrons. The van der Waals surface area contributed by atoms with Crippen molar-refractivity contribution in [2.24, 2.45) is 0 Å². The van der Waals surface area contributed by atoms with Crippen LogP contribution < -0.4 is 4.74 Å². The largest absolute Gasteiger partial charge is 0.494 e. The summed E-state index contributed by atoms with van der Waals surface area (Å²) < 4.78 is 7.27. The SMILES string of the molecule is CCCOc1ccc(-c2nc3sc(C4CC4)nn3c2C=O)cc1. The van der Waals surface area contributed by atoms with Crippen molar-refractivity contribution in [2.75, 3.05) is 6.61 Å². The van der Waals surface area contributed by atoms with Crippen LogP contribution in [0, 0.1) is 0 Å². The highest BCUT2D eigenvalue weighted by molar-refractivity contribution is 7.16. The van der Waals surface area contributed by atoms with Crippen LogP contribution in [0.25, 0.3) is 16.2 Å². The summed E-state index contributed by atoms with van der Waals surface area (Å²) in [6.07, 6.45) is 4.20. The minimum absolute atomic E-state index is 0.519. The van der Waals surface area contributed by atoms with Crippen molar-refractivity contribution in [2.45, 2.75) is 32.1 Å². The second kappa shape index (κ2) is 5.77. The molecule has 0 unspecified atom stereocenters. The van der Waals surface area contributed by atoms with Gasteiger partial charge in [0.1, 0.15) is 22.1 Å². The van der Waals surface area contributed by atoms with Crippen molar-refractivity contribution in [3.05, 3.63) is 35.0 Å².